The zero-order valence-corrected chi connectivity index (χ0v) is 45.3. The van der Waals surface area contributed by atoms with Gasteiger partial charge in [0, 0.05) is 102 Å². The highest BCUT2D eigenvalue weighted by atomic mass is 127. The van der Waals surface area contributed by atoms with Crippen molar-refractivity contribution in [3.8, 4) is 44.9 Å². The number of anilines is 6. The molecule has 0 saturated carbocycles. The predicted molar refractivity (Wildman–Crippen MR) is 309 cm³/mol. The lowest BCUT2D eigenvalue weighted by molar-refractivity contribution is 0.604. The minimum atomic E-state index is 0.609. The summed E-state index contributed by atoms with van der Waals surface area (Å²) in [6, 6.07) is 34.4. The van der Waals surface area contributed by atoms with E-state index < -0.39 is 0 Å². The van der Waals surface area contributed by atoms with Gasteiger partial charge in [-0.25, -0.2) is 9.15 Å². The van der Waals surface area contributed by atoms with E-state index in [-0.39, 0.29) is 0 Å². The molecule has 11 heteroatoms. The summed E-state index contributed by atoms with van der Waals surface area (Å²) in [5, 5.41) is 7.70. The Labute approximate surface area is 424 Å². The van der Waals surface area contributed by atoms with E-state index in [1.165, 1.54) is 16.6 Å². The molecule has 0 saturated heterocycles. The van der Waals surface area contributed by atoms with Crippen LogP contribution in [0.4, 0.5) is 34.1 Å². The van der Waals surface area contributed by atoms with Gasteiger partial charge in [-0.05, 0) is 145 Å². The molecule has 0 amide bonds. The molecule has 0 spiro atoms. The summed E-state index contributed by atoms with van der Waals surface area (Å²) in [5.41, 5.74) is 34.8. The second-order valence-electron chi connectivity index (χ2n) is 17.1. The molecular formula is C58H75IN8O2+2. The number of nitrogens with two attached hydrogens (primary N) is 3. The molecule has 0 aromatic heterocycles. The van der Waals surface area contributed by atoms with Gasteiger partial charge in [0.2, 0.25) is 10.7 Å². The number of hydrogen-bond donors (Lipinski definition) is 4. The lowest BCUT2D eigenvalue weighted by Crippen LogP contribution is -2.29. The molecule has 0 atom stereocenters. The fraction of sp³-hybridized carbons (Fsp3) is 0.345. The lowest BCUT2D eigenvalue weighted by atomic mass is 9.90. The van der Waals surface area contributed by atoms with Gasteiger partial charge in [0.15, 0.2) is 0 Å². The van der Waals surface area contributed by atoms with Crippen LogP contribution in [0.3, 0.4) is 0 Å². The molecule has 7 N–H and O–H groups in total. The van der Waals surface area contributed by atoms with Crippen LogP contribution in [0.25, 0.3) is 66.8 Å². The number of halogens is 1. The first kappa shape index (κ1) is 52.2. The molecule has 4 aromatic carbocycles. The molecule has 69 heavy (non-hydrogen) atoms. The number of rotatable bonds is 13. The van der Waals surface area contributed by atoms with Crippen LogP contribution >= 0.6 is 22.6 Å². The molecule has 0 unspecified atom stereocenters. The number of nitrogens with one attached hydrogen (secondary N) is 1. The van der Waals surface area contributed by atoms with Gasteiger partial charge in [-0.2, -0.15) is 0 Å². The maximum atomic E-state index is 6.59. The smallest absolute Gasteiger partial charge is 0.203 e. The van der Waals surface area contributed by atoms with E-state index in [0.29, 0.717) is 11.4 Å². The third kappa shape index (κ3) is 10.4. The first-order valence-corrected chi connectivity index (χ1v) is 26.8. The van der Waals surface area contributed by atoms with Crippen molar-refractivity contribution in [3.05, 3.63) is 119 Å². The highest BCUT2D eigenvalue weighted by Gasteiger charge is 2.23. The molecule has 8 rings (SSSR count). The van der Waals surface area contributed by atoms with Crippen LogP contribution in [0, 0.1) is 13.8 Å². The molecule has 2 aliphatic carbocycles. The van der Waals surface area contributed by atoms with Crippen molar-refractivity contribution in [1.82, 2.24) is 9.15 Å². The number of nitrogens with zero attached hydrogens (tertiary/aromatic N) is 4. The van der Waals surface area contributed by atoms with Gasteiger partial charge in [0.05, 0.1) is 34.9 Å². The Morgan fingerprint density at radius 3 is 1.28 bits per heavy atom. The molecule has 0 radical (unpaired) electrons. The quantitative estimate of drug-likeness (QED) is 0.0295. The largest absolute Gasteiger partial charge is 0.456 e. The Hall–Kier alpha value is -6.21. The van der Waals surface area contributed by atoms with E-state index >= 15 is 0 Å². The topological polar surface area (TPSA) is 129 Å². The van der Waals surface area contributed by atoms with Gasteiger partial charge in [-0.15, -0.1) is 0 Å². The maximum absolute atomic E-state index is 6.59. The van der Waals surface area contributed by atoms with Crippen molar-refractivity contribution in [1.29, 1.82) is 0 Å². The Balaban J connectivity index is 0.000000219. The molecule has 0 fully saturated rings. The molecule has 4 aliphatic rings. The van der Waals surface area contributed by atoms with Crippen molar-refractivity contribution >= 4 is 78.7 Å². The average Bonchev–Trinajstić information content (AvgIpc) is 3.37. The molecular weight excluding hydrogens is 968 g/mol. The third-order valence-corrected chi connectivity index (χ3v) is 13.8. The van der Waals surface area contributed by atoms with E-state index in [1.807, 2.05) is 25.0 Å². The number of fused-ring (bicyclic) bond motifs is 4. The zero-order chi connectivity index (χ0) is 50.1. The Kier molecular flexibility index (Phi) is 17.7. The van der Waals surface area contributed by atoms with Crippen LogP contribution in [0.1, 0.15) is 66.5 Å². The first-order chi connectivity index (χ1) is 33.4. The molecule has 0 bridgehead atoms. The van der Waals surface area contributed by atoms with Crippen LogP contribution in [0.5, 0.6) is 0 Å². The number of alkyl halides is 1. The van der Waals surface area contributed by atoms with E-state index in [2.05, 4.69) is 200 Å². The van der Waals surface area contributed by atoms with Crippen molar-refractivity contribution < 1.29 is 8.83 Å². The normalized spacial score (nSPS) is 11.0. The summed E-state index contributed by atoms with van der Waals surface area (Å²) in [7, 11) is 1.90. The zero-order valence-electron chi connectivity index (χ0n) is 43.1. The molecule has 4 aromatic rings. The Morgan fingerprint density at radius 1 is 0.493 bits per heavy atom. The molecule has 2 heterocycles. The van der Waals surface area contributed by atoms with E-state index in [4.69, 9.17) is 26.0 Å². The van der Waals surface area contributed by atoms with Crippen LogP contribution in [0.15, 0.2) is 106 Å². The predicted octanol–water partition coefficient (Wildman–Crippen LogP) is 12.2. The SMILES string of the molecule is CCN(CC)c1ccc2c(-c3ccc(N)c(N)c3C)c3ccc(=[N+](CC)CC)cc-3oc2c1.CCN(CC)c1ccc2c(-c3ccc(NC)c(N)c3C)c3ccc(=[N+](CC)CC)cc-3oc2c1.CI. The van der Waals surface area contributed by atoms with Crippen molar-refractivity contribution in [2.24, 2.45) is 0 Å². The van der Waals surface area contributed by atoms with E-state index in [9.17, 15) is 0 Å². The Bertz CT molecular complexity index is 3130. The highest BCUT2D eigenvalue weighted by molar-refractivity contribution is 14.1. The fourth-order valence-electron chi connectivity index (χ4n) is 9.69. The maximum Gasteiger partial charge on any atom is 0.203 e. The second kappa shape index (κ2) is 23.4. The van der Waals surface area contributed by atoms with Gasteiger partial charge < -0.3 is 41.2 Å². The first-order valence-electron chi connectivity index (χ1n) is 24.7. The van der Waals surface area contributed by atoms with Crippen LogP contribution in [-0.4, -0.2) is 64.3 Å². The van der Waals surface area contributed by atoms with Gasteiger partial charge >= 0.3 is 0 Å². The van der Waals surface area contributed by atoms with Crippen LogP contribution in [0.2, 0.25) is 0 Å². The van der Waals surface area contributed by atoms with Crippen molar-refractivity contribution in [2.45, 2.75) is 69.2 Å². The number of hydrogen-bond acceptors (Lipinski definition) is 8. The van der Waals surface area contributed by atoms with E-state index in [1.54, 1.807) is 0 Å². The van der Waals surface area contributed by atoms with E-state index in [0.717, 1.165) is 147 Å². The minimum absolute atomic E-state index is 0.609. The summed E-state index contributed by atoms with van der Waals surface area (Å²) in [4.78, 5) is 6.64. The second-order valence-corrected chi connectivity index (χ2v) is 17.1. The summed E-state index contributed by atoms with van der Waals surface area (Å²) < 4.78 is 17.8. The van der Waals surface area contributed by atoms with Gasteiger partial charge in [0.25, 0.3) is 0 Å². The minimum Gasteiger partial charge on any atom is -0.456 e. The summed E-state index contributed by atoms with van der Waals surface area (Å²) in [6.45, 7) is 29.2. The highest BCUT2D eigenvalue weighted by Crippen LogP contribution is 2.45. The number of nitrogen functional groups attached to an aromatic ring is 3. The summed E-state index contributed by atoms with van der Waals surface area (Å²) in [5.74, 6) is 1.76. The third-order valence-electron chi connectivity index (χ3n) is 13.8. The standard InChI is InChI=1S/C29H36N4O.C28H34N4O.CH3I/c1-7-32(8-2)20-11-13-23-26(17-20)34-27-18-21(33(9-3)10-4)12-14-24(27)28(23)22-15-16-25(31-6)29(30)19(22)5;1-6-31(7-2)19-10-12-22-25(16-19)33-26-17-20(32(8-3)9-4)11-13-23(26)27(22)21-14-15-24(29)28(30)18(21)5;1-2/h11-18H,7-10,30H2,1-6H3;10-17,29H,6-9,30H2,1-5H3;1H3/p+2. The fourth-order valence-corrected chi connectivity index (χ4v) is 9.69. The number of benzene rings is 6. The molecule has 10 nitrogen and oxygen atoms in total. The molecule has 2 aliphatic heterocycles. The van der Waals surface area contributed by atoms with Crippen LogP contribution in [-0.2, 0) is 0 Å². The molecule has 364 valence electrons. The van der Waals surface area contributed by atoms with Gasteiger partial charge in [-0.1, -0.05) is 34.7 Å². The summed E-state index contributed by atoms with van der Waals surface area (Å²) in [6.07, 6.45) is 0. The summed E-state index contributed by atoms with van der Waals surface area (Å²) >= 11 is 2.15. The van der Waals surface area contributed by atoms with Crippen molar-refractivity contribution in [3.63, 3.8) is 0 Å². The van der Waals surface area contributed by atoms with Gasteiger partial charge in [-0.3, -0.25) is 0 Å². The lowest BCUT2D eigenvalue weighted by Gasteiger charge is -2.23. The van der Waals surface area contributed by atoms with Crippen molar-refractivity contribution in [2.75, 3.05) is 96.7 Å². The average molecular weight is 1040 g/mol. The monoisotopic (exact) mass is 1040 g/mol. The van der Waals surface area contributed by atoms with Gasteiger partial charge in [0.1, 0.15) is 48.9 Å². The van der Waals surface area contributed by atoms with Crippen LogP contribution < -0.4 is 52.2 Å². The Morgan fingerprint density at radius 2 is 0.884 bits per heavy atom.